The van der Waals surface area contributed by atoms with E-state index in [9.17, 15) is 4.79 Å². The minimum absolute atomic E-state index is 0.172. The van der Waals surface area contributed by atoms with E-state index in [0.29, 0.717) is 17.1 Å². The van der Waals surface area contributed by atoms with Gasteiger partial charge in [-0.15, -0.1) is 0 Å². The third kappa shape index (κ3) is 4.14. The van der Waals surface area contributed by atoms with Crippen molar-refractivity contribution in [3.63, 3.8) is 0 Å². The average Bonchev–Trinajstić information content (AvgIpc) is 3.08. The fourth-order valence-corrected chi connectivity index (χ4v) is 2.57. The van der Waals surface area contributed by atoms with Crippen molar-refractivity contribution < 1.29 is 9.53 Å². The Morgan fingerprint density at radius 1 is 1.19 bits per heavy atom. The van der Waals surface area contributed by atoms with Gasteiger partial charge in [-0.05, 0) is 48.9 Å². The molecule has 7 nitrogen and oxygen atoms in total. The van der Waals surface area contributed by atoms with Gasteiger partial charge in [0, 0.05) is 18.4 Å². The molecule has 1 heterocycles. The molecule has 0 aliphatic heterocycles. The first kappa shape index (κ1) is 18.2. The first-order valence-electron chi connectivity index (χ1n) is 8.41. The molecule has 0 aliphatic rings. The Hall–Kier alpha value is -3.61. The molecule has 0 fully saturated rings. The number of methoxy groups -OCH3 is 1. The van der Waals surface area contributed by atoms with Crippen LogP contribution in [0.5, 0.6) is 5.75 Å². The van der Waals surface area contributed by atoms with Gasteiger partial charge in [0.2, 0.25) is 0 Å². The predicted octanol–water partition coefficient (Wildman–Crippen LogP) is 3.45. The Labute approximate surface area is 157 Å². The summed E-state index contributed by atoms with van der Waals surface area (Å²) in [7, 11) is 3.35. The molecule has 0 aliphatic carbocycles. The second-order valence-corrected chi connectivity index (χ2v) is 5.92. The van der Waals surface area contributed by atoms with Crippen LogP contribution in [0.25, 0.3) is 0 Å². The molecule has 2 aromatic carbocycles. The number of anilines is 2. The van der Waals surface area contributed by atoms with Gasteiger partial charge in [0.05, 0.1) is 13.3 Å². The topological polar surface area (TPSA) is 82.6 Å². The summed E-state index contributed by atoms with van der Waals surface area (Å²) in [6.45, 7) is 1.80. The molecule has 0 bridgehead atoms. The molecule has 0 saturated carbocycles. The van der Waals surface area contributed by atoms with Crippen LogP contribution in [0.4, 0.5) is 11.5 Å². The lowest BCUT2D eigenvalue weighted by molar-refractivity contribution is 0.0993. The van der Waals surface area contributed by atoms with Crippen LogP contribution < -0.4 is 15.1 Å². The number of hydrogen-bond donors (Lipinski definition) is 2. The van der Waals surface area contributed by atoms with Crippen LogP contribution in [0, 0.1) is 6.92 Å². The number of hydrazone groups is 1. The molecule has 0 radical (unpaired) electrons. The van der Waals surface area contributed by atoms with Crippen LogP contribution in [0.2, 0.25) is 0 Å². The number of H-pyrrole nitrogens is 1. The first-order chi connectivity index (χ1) is 13.1. The van der Waals surface area contributed by atoms with Crippen molar-refractivity contribution in [2.45, 2.75) is 6.92 Å². The highest BCUT2D eigenvalue weighted by atomic mass is 16.5. The Balaban J connectivity index is 1.76. The maximum Gasteiger partial charge on any atom is 0.263 e. The number of rotatable bonds is 6. The number of aryl methyl sites for hydroxylation is 1. The summed E-state index contributed by atoms with van der Waals surface area (Å²) in [6.07, 6.45) is 1.65. The van der Waals surface area contributed by atoms with Crippen LogP contribution in [0.3, 0.4) is 0 Å². The lowest BCUT2D eigenvalue weighted by Gasteiger charge is -2.17. The number of aromatic nitrogens is 2. The number of aromatic amines is 1. The smallest absolute Gasteiger partial charge is 0.263 e. The van der Waals surface area contributed by atoms with E-state index in [-0.39, 0.29) is 5.91 Å². The summed E-state index contributed by atoms with van der Waals surface area (Å²) in [4.78, 5) is 14.5. The minimum atomic E-state index is -0.172. The summed E-state index contributed by atoms with van der Waals surface area (Å²) < 4.78 is 5.13. The summed E-state index contributed by atoms with van der Waals surface area (Å²) in [6, 6.07) is 16.9. The fourth-order valence-electron chi connectivity index (χ4n) is 2.57. The standard InChI is InChI=1S/C20H21N5O2/c1-14-18(20(26)25(2)16-7-5-4-6-8-16)19(24-22-14)23-21-13-15-9-11-17(27-3)12-10-15/h4-13H,1-3H3,(H2,22,23,24)/b21-13+. The highest BCUT2D eigenvalue weighted by Gasteiger charge is 2.22. The highest BCUT2D eigenvalue weighted by molar-refractivity contribution is 6.09. The Bertz CT molecular complexity index is 933. The van der Waals surface area contributed by atoms with E-state index in [0.717, 1.165) is 17.0 Å². The van der Waals surface area contributed by atoms with E-state index < -0.39 is 0 Å². The molecule has 3 aromatic rings. The number of nitrogens with one attached hydrogen (secondary N) is 2. The molecule has 0 unspecified atom stereocenters. The summed E-state index contributed by atoms with van der Waals surface area (Å²) in [5.41, 5.74) is 5.67. The summed E-state index contributed by atoms with van der Waals surface area (Å²) >= 11 is 0. The van der Waals surface area contributed by atoms with Crippen molar-refractivity contribution in [3.05, 3.63) is 71.4 Å². The molecule has 1 amide bonds. The van der Waals surface area contributed by atoms with Crippen molar-refractivity contribution >= 4 is 23.6 Å². The second-order valence-electron chi connectivity index (χ2n) is 5.92. The van der Waals surface area contributed by atoms with E-state index in [1.165, 1.54) is 0 Å². The van der Waals surface area contributed by atoms with Crippen molar-refractivity contribution in [1.82, 2.24) is 10.2 Å². The van der Waals surface area contributed by atoms with Gasteiger partial charge in [0.15, 0.2) is 5.82 Å². The Kier molecular flexibility index (Phi) is 5.51. The van der Waals surface area contributed by atoms with E-state index in [2.05, 4.69) is 20.7 Å². The number of carbonyl (C=O) groups is 1. The summed E-state index contributed by atoms with van der Waals surface area (Å²) in [5.74, 6) is 0.986. The number of nitrogens with zero attached hydrogens (tertiary/aromatic N) is 3. The van der Waals surface area contributed by atoms with Crippen molar-refractivity contribution in [2.75, 3.05) is 24.5 Å². The van der Waals surface area contributed by atoms with E-state index in [1.807, 2.05) is 54.6 Å². The zero-order valence-corrected chi connectivity index (χ0v) is 15.4. The van der Waals surface area contributed by atoms with Crippen LogP contribution in [0.15, 0.2) is 59.7 Å². The maximum atomic E-state index is 12.9. The maximum absolute atomic E-state index is 12.9. The average molecular weight is 363 g/mol. The molecule has 138 valence electrons. The van der Waals surface area contributed by atoms with E-state index in [4.69, 9.17) is 4.74 Å². The zero-order chi connectivity index (χ0) is 19.2. The molecule has 27 heavy (non-hydrogen) atoms. The summed E-state index contributed by atoms with van der Waals surface area (Å²) in [5, 5.41) is 11.2. The number of amides is 1. The van der Waals surface area contributed by atoms with E-state index >= 15 is 0 Å². The number of carbonyl (C=O) groups excluding carboxylic acids is 1. The monoisotopic (exact) mass is 363 g/mol. The highest BCUT2D eigenvalue weighted by Crippen LogP contribution is 2.21. The van der Waals surface area contributed by atoms with Crippen LogP contribution in [0.1, 0.15) is 21.6 Å². The predicted molar refractivity (Wildman–Crippen MR) is 107 cm³/mol. The normalized spacial score (nSPS) is 10.8. The number of ether oxygens (including phenoxy) is 1. The van der Waals surface area contributed by atoms with Gasteiger partial charge in [0.25, 0.3) is 5.91 Å². The van der Waals surface area contributed by atoms with Gasteiger partial charge in [-0.2, -0.15) is 10.2 Å². The van der Waals surface area contributed by atoms with Gasteiger partial charge in [-0.25, -0.2) is 0 Å². The zero-order valence-electron chi connectivity index (χ0n) is 15.4. The third-order valence-corrected chi connectivity index (χ3v) is 4.11. The van der Waals surface area contributed by atoms with Crippen LogP contribution in [-0.4, -0.2) is 36.5 Å². The largest absolute Gasteiger partial charge is 0.497 e. The fraction of sp³-hybridized carbons (Fsp3) is 0.150. The van der Waals surface area contributed by atoms with Crippen molar-refractivity contribution in [1.29, 1.82) is 0 Å². The molecule has 1 aromatic heterocycles. The van der Waals surface area contributed by atoms with Crippen molar-refractivity contribution in [2.24, 2.45) is 5.10 Å². The molecule has 2 N–H and O–H groups in total. The Morgan fingerprint density at radius 2 is 1.89 bits per heavy atom. The quantitative estimate of drug-likeness (QED) is 0.519. The molecule has 0 atom stereocenters. The molecular formula is C20H21N5O2. The lowest BCUT2D eigenvalue weighted by Crippen LogP contribution is -2.27. The van der Waals surface area contributed by atoms with Crippen molar-refractivity contribution in [3.8, 4) is 5.75 Å². The third-order valence-electron chi connectivity index (χ3n) is 4.11. The SMILES string of the molecule is COc1ccc(/C=N/Nc2n[nH]c(C)c2C(=O)N(C)c2ccccc2)cc1. The first-order valence-corrected chi connectivity index (χ1v) is 8.41. The van der Waals surface area contributed by atoms with Gasteiger partial charge in [-0.1, -0.05) is 18.2 Å². The molecular weight excluding hydrogens is 342 g/mol. The Morgan fingerprint density at radius 3 is 2.56 bits per heavy atom. The second kappa shape index (κ2) is 8.18. The molecule has 0 saturated heterocycles. The van der Waals surface area contributed by atoms with Crippen LogP contribution in [-0.2, 0) is 0 Å². The number of benzene rings is 2. The number of para-hydroxylation sites is 1. The van der Waals surface area contributed by atoms with E-state index in [1.54, 1.807) is 32.2 Å². The molecule has 7 heteroatoms. The number of hydrogen-bond acceptors (Lipinski definition) is 5. The molecule has 3 rings (SSSR count). The van der Waals surface area contributed by atoms with Crippen LogP contribution >= 0.6 is 0 Å². The molecule has 0 spiro atoms. The van der Waals surface area contributed by atoms with Gasteiger partial charge >= 0.3 is 0 Å². The van der Waals surface area contributed by atoms with Gasteiger partial charge < -0.3 is 9.64 Å². The minimum Gasteiger partial charge on any atom is -0.497 e. The lowest BCUT2D eigenvalue weighted by atomic mass is 10.2. The van der Waals surface area contributed by atoms with Gasteiger partial charge in [-0.3, -0.25) is 15.3 Å². The van der Waals surface area contributed by atoms with Gasteiger partial charge in [0.1, 0.15) is 11.3 Å².